The van der Waals surface area contributed by atoms with Gasteiger partial charge in [0.2, 0.25) is 11.8 Å². The van der Waals surface area contributed by atoms with Crippen LogP contribution in [0.1, 0.15) is 102 Å². The fourth-order valence-corrected chi connectivity index (χ4v) is 9.64. The van der Waals surface area contributed by atoms with Crippen molar-refractivity contribution in [2.75, 3.05) is 40.5 Å². The van der Waals surface area contributed by atoms with E-state index < -0.39 is 96.5 Å². The zero-order valence-corrected chi connectivity index (χ0v) is 41.5. The highest BCUT2D eigenvalue weighted by atomic mass is 16.7. The molecule has 2 spiro atoms. The predicted octanol–water partition coefficient (Wildman–Crippen LogP) is 4.59. The molecule has 4 saturated heterocycles. The summed E-state index contributed by atoms with van der Waals surface area (Å²) in [6.07, 6.45) is -1.37. The molecule has 4 aliphatic rings. The third-order valence-corrected chi connectivity index (χ3v) is 12.9. The number of hydrogen-bond acceptors (Lipinski definition) is 16. The molecule has 2 aromatic carbocycles. The summed E-state index contributed by atoms with van der Waals surface area (Å²) in [5.41, 5.74) is 1.92. The minimum atomic E-state index is -1.30. The van der Waals surface area contributed by atoms with E-state index in [2.05, 4.69) is 10.6 Å². The summed E-state index contributed by atoms with van der Waals surface area (Å²) in [4.78, 5) is 109. The van der Waals surface area contributed by atoms with E-state index >= 15 is 0 Å². The highest BCUT2D eigenvalue weighted by Crippen LogP contribution is 2.41. The van der Waals surface area contributed by atoms with Gasteiger partial charge in [-0.15, -0.1) is 0 Å². The SMILES string of the molecule is COC(=O)N[C@H](C(=O)N1CC2(CC1C(=O)OCC(=O)c1ccc(-c3ccc(C(=O)COC(=O)[C@@H]4CC5(CN4C(=O)[C@@H](NC(=O)OC)C(C)C)O[C@@H](C)C[C@H](C)O5)cc3)cc1)O[C@@H](C)C[C@H](C)O2)C(C)C. The highest BCUT2D eigenvalue weighted by molar-refractivity contribution is 6.00. The Kier molecular flexibility index (Phi) is 17.1. The maximum Gasteiger partial charge on any atom is 0.407 e. The third-order valence-electron chi connectivity index (χ3n) is 12.9. The van der Waals surface area contributed by atoms with Gasteiger partial charge in [-0.25, -0.2) is 19.2 Å². The van der Waals surface area contributed by atoms with Gasteiger partial charge in [-0.1, -0.05) is 76.2 Å². The van der Waals surface area contributed by atoms with Crippen molar-refractivity contribution in [2.45, 2.75) is 141 Å². The molecule has 0 aromatic heterocycles. The Morgan fingerprint density at radius 1 is 0.557 bits per heavy atom. The monoisotopic (exact) mass is 978 g/mol. The minimum Gasteiger partial charge on any atom is -0.456 e. The predicted molar refractivity (Wildman–Crippen MR) is 248 cm³/mol. The Balaban J connectivity index is 1.07. The van der Waals surface area contributed by atoms with Crippen LogP contribution in [0.4, 0.5) is 9.59 Å². The number of nitrogens with one attached hydrogen (secondary N) is 2. The lowest BCUT2D eigenvalue weighted by molar-refractivity contribution is -0.303. The average Bonchev–Trinajstić information content (AvgIpc) is 3.86. The molecular formula is C50H66N4O16. The quantitative estimate of drug-likeness (QED) is 0.141. The van der Waals surface area contributed by atoms with Gasteiger partial charge in [-0.05, 0) is 63.5 Å². The fraction of sp³-hybridized carbons (Fsp3) is 0.600. The van der Waals surface area contributed by atoms with Crippen LogP contribution in [0, 0.1) is 11.8 Å². The molecule has 20 heteroatoms. The van der Waals surface area contributed by atoms with E-state index in [0.717, 1.165) is 0 Å². The van der Waals surface area contributed by atoms with Crippen LogP contribution in [0.15, 0.2) is 48.5 Å². The van der Waals surface area contributed by atoms with Crippen molar-refractivity contribution in [3.8, 4) is 11.1 Å². The Morgan fingerprint density at radius 3 is 1.16 bits per heavy atom. The molecule has 1 unspecified atom stereocenters. The van der Waals surface area contributed by atoms with Crippen molar-refractivity contribution in [1.29, 1.82) is 0 Å². The lowest BCUT2D eigenvalue weighted by Crippen LogP contribution is -2.55. The first-order valence-electron chi connectivity index (χ1n) is 23.7. The summed E-state index contributed by atoms with van der Waals surface area (Å²) in [5.74, 6) is -7.12. The van der Waals surface area contributed by atoms with Gasteiger partial charge in [0, 0.05) is 24.0 Å². The normalized spacial score (nSPS) is 27.2. The lowest BCUT2D eigenvalue weighted by Gasteiger charge is -2.40. The Labute approximate surface area is 407 Å². The van der Waals surface area contributed by atoms with Crippen LogP contribution in [0.5, 0.6) is 0 Å². The topological polar surface area (TPSA) is 241 Å². The Bertz CT molecular complexity index is 2090. The number of amides is 4. The number of Topliss-reactive ketones (excluding diaryl/α,β-unsaturated/α-hetero) is 2. The first-order valence-corrected chi connectivity index (χ1v) is 23.7. The number of rotatable bonds is 15. The maximum absolute atomic E-state index is 14.0. The first-order chi connectivity index (χ1) is 33.1. The largest absolute Gasteiger partial charge is 0.456 e. The standard InChI is InChI=1S/C50H66N4O16/c1-27(2)41(51-47(61)63-9)43(57)53-25-49(67-29(5)19-30(6)68-49)21-37(53)45(59)65-23-39(55)35-15-11-33(12-16-35)34-13-17-36(18-14-34)40(56)24-66-46(60)38-22-50(69-31(7)20-32(8)70-50)26-54(38)44(58)42(28(3)4)52-48(62)64-10/h11-18,27-32,37-38,41-42H,19-26H2,1-10H3,(H,51,61)(H,52,62)/t29-,30-,31-,32-,37-,38?,41-,42-/m0/s1. The molecule has 2 N–H and O–H groups in total. The second kappa shape index (κ2) is 22.4. The van der Waals surface area contributed by atoms with Crippen LogP contribution in [-0.4, -0.2) is 158 Å². The summed E-state index contributed by atoms with van der Waals surface area (Å²) in [7, 11) is 2.36. The van der Waals surface area contributed by atoms with Crippen LogP contribution in [0.25, 0.3) is 11.1 Å². The smallest absolute Gasteiger partial charge is 0.407 e. The number of likely N-dealkylation sites (tertiary alicyclic amines) is 2. The number of carbonyl (C=O) groups is 8. The maximum atomic E-state index is 14.0. The highest BCUT2D eigenvalue weighted by Gasteiger charge is 2.57. The van der Waals surface area contributed by atoms with E-state index in [1.54, 1.807) is 76.2 Å². The molecule has 8 atom stereocenters. The van der Waals surface area contributed by atoms with Crippen LogP contribution < -0.4 is 10.6 Å². The number of esters is 2. The molecule has 0 radical (unpaired) electrons. The Hall–Kier alpha value is -5.96. The number of hydrogen-bond donors (Lipinski definition) is 2. The molecular weight excluding hydrogens is 913 g/mol. The van der Waals surface area contributed by atoms with Crippen molar-refractivity contribution >= 4 is 47.5 Å². The summed E-state index contributed by atoms with van der Waals surface area (Å²) in [5, 5.41) is 5.10. The van der Waals surface area contributed by atoms with Crippen molar-refractivity contribution in [2.24, 2.45) is 11.8 Å². The second-order valence-corrected chi connectivity index (χ2v) is 19.3. The summed E-state index contributed by atoms with van der Waals surface area (Å²) in [6, 6.07) is 8.65. The van der Waals surface area contributed by atoms with Gasteiger partial charge in [0.15, 0.2) is 36.4 Å². The molecule has 0 saturated carbocycles. The molecule has 4 fully saturated rings. The van der Waals surface area contributed by atoms with Gasteiger partial charge in [0.05, 0.1) is 51.7 Å². The van der Waals surface area contributed by atoms with E-state index in [0.29, 0.717) is 24.0 Å². The number of carbonyl (C=O) groups excluding carboxylic acids is 8. The number of methoxy groups -OCH3 is 2. The summed E-state index contributed by atoms with van der Waals surface area (Å²) in [6.45, 7) is 13.1. The molecule has 4 amide bonds. The van der Waals surface area contributed by atoms with Gasteiger partial charge >= 0.3 is 24.1 Å². The zero-order chi connectivity index (χ0) is 51.2. The molecule has 0 bridgehead atoms. The molecule has 4 heterocycles. The van der Waals surface area contributed by atoms with E-state index in [1.165, 1.54) is 24.0 Å². The number of ether oxygens (including phenoxy) is 8. The van der Waals surface area contributed by atoms with Gasteiger partial charge < -0.3 is 58.3 Å². The lowest BCUT2D eigenvalue weighted by atomic mass is 10.0. The second-order valence-electron chi connectivity index (χ2n) is 19.3. The minimum absolute atomic E-state index is 0.0436. The molecule has 0 aliphatic carbocycles. The number of benzene rings is 2. The molecule has 4 aliphatic heterocycles. The van der Waals surface area contributed by atoms with Crippen molar-refractivity contribution in [3.05, 3.63) is 59.7 Å². The van der Waals surface area contributed by atoms with Crippen LogP contribution >= 0.6 is 0 Å². The summed E-state index contributed by atoms with van der Waals surface area (Å²) < 4.78 is 45.3. The van der Waals surface area contributed by atoms with Gasteiger partial charge in [0.1, 0.15) is 24.2 Å². The van der Waals surface area contributed by atoms with Gasteiger partial charge in [0.25, 0.3) is 0 Å². The first kappa shape index (κ1) is 53.4. The number of nitrogens with zero attached hydrogens (tertiary/aromatic N) is 2. The van der Waals surface area contributed by atoms with Crippen molar-refractivity contribution in [1.82, 2.24) is 20.4 Å². The van der Waals surface area contributed by atoms with Gasteiger partial charge in [-0.2, -0.15) is 0 Å². The average molecular weight is 979 g/mol. The zero-order valence-electron chi connectivity index (χ0n) is 41.5. The van der Waals surface area contributed by atoms with Crippen LogP contribution in [-0.2, 0) is 57.1 Å². The number of alkyl carbamates (subject to hydrolysis) is 2. The molecule has 2 aromatic rings. The summed E-state index contributed by atoms with van der Waals surface area (Å²) >= 11 is 0. The molecule has 6 rings (SSSR count). The Morgan fingerprint density at radius 2 is 0.871 bits per heavy atom. The molecule has 70 heavy (non-hydrogen) atoms. The van der Waals surface area contributed by atoms with E-state index in [9.17, 15) is 38.4 Å². The van der Waals surface area contributed by atoms with Crippen LogP contribution in [0.2, 0.25) is 0 Å². The third kappa shape index (κ3) is 12.5. The van der Waals surface area contributed by atoms with E-state index in [1.807, 2.05) is 27.7 Å². The molecule has 20 nitrogen and oxygen atoms in total. The van der Waals surface area contributed by atoms with Crippen LogP contribution in [0.3, 0.4) is 0 Å². The fourth-order valence-electron chi connectivity index (χ4n) is 9.64. The number of ketones is 2. The van der Waals surface area contributed by atoms with Gasteiger partial charge in [-0.3, -0.25) is 19.2 Å². The molecule has 382 valence electrons. The van der Waals surface area contributed by atoms with E-state index in [4.69, 9.17) is 37.9 Å². The van der Waals surface area contributed by atoms with E-state index in [-0.39, 0.29) is 73.3 Å². The van der Waals surface area contributed by atoms with Crippen molar-refractivity contribution < 1.29 is 76.3 Å². The van der Waals surface area contributed by atoms with Crippen molar-refractivity contribution in [3.63, 3.8) is 0 Å².